The van der Waals surface area contributed by atoms with Crippen LogP contribution in [0, 0.1) is 11.7 Å². The van der Waals surface area contributed by atoms with Gasteiger partial charge >= 0.3 is 5.97 Å². The van der Waals surface area contributed by atoms with Crippen molar-refractivity contribution < 1.29 is 18.7 Å². The van der Waals surface area contributed by atoms with Crippen LogP contribution in [0.3, 0.4) is 0 Å². The summed E-state index contributed by atoms with van der Waals surface area (Å²) in [4.78, 5) is 24.7. The Morgan fingerprint density at radius 2 is 1.88 bits per heavy atom. The molecule has 0 fully saturated rings. The van der Waals surface area contributed by atoms with Crippen LogP contribution >= 0.6 is 23.4 Å². The number of anilines is 1. The largest absolute Gasteiger partial charge is 0.462 e. The lowest BCUT2D eigenvalue weighted by Gasteiger charge is -2.18. The van der Waals surface area contributed by atoms with Gasteiger partial charge in [-0.05, 0) is 37.8 Å². The Bertz CT molecular complexity index is 639. The molecule has 1 N–H and O–H groups in total. The van der Waals surface area contributed by atoms with Crippen LogP contribution in [-0.2, 0) is 14.3 Å². The Balaban J connectivity index is 2.95. The Kier molecular flexibility index (Phi) is 9.44. The monoisotopic (exact) mass is 403 g/mol. The fourth-order valence-corrected chi connectivity index (χ4v) is 3.36. The van der Waals surface area contributed by atoms with E-state index in [1.807, 2.05) is 34.6 Å². The van der Waals surface area contributed by atoms with Crippen molar-refractivity contribution >= 4 is 40.9 Å². The number of amides is 1. The number of ether oxygens (including phenoxy) is 1. The smallest absolute Gasteiger partial charge is 0.319 e. The van der Waals surface area contributed by atoms with Crippen LogP contribution in [0.15, 0.2) is 17.0 Å². The van der Waals surface area contributed by atoms with Gasteiger partial charge in [0, 0.05) is 11.3 Å². The maximum Gasteiger partial charge on any atom is 0.319 e. The lowest BCUT2D eigenvalue weighted by atomic mass is 10.1. The first-order valence-corrected chi connectivity index (χ1v) is 10.1. The van der Waals surface area contributed by atoms with Crippen molar-refractivity contribution in [2.45, 2.75) is 70.1 Å². The van der Waals surface area contributed by atoms with E-state index in [-0.39, 0.29) is 34.6 Å². The minimum atomic E-state index is -0.605. The zero-order chi connectivity index (χ0) is 19.9. The van der Waals surface area contributed by atoms with E-state index in [2.05, 4.69) is 5.32 Å². The number of carbonyl (C=O) groups excluding carboxylic acids is 2. The van der Waals surface area contributed by atoms with Crippen LogP contribution in [-0.4, -0.2) is 23.2 Å². The molecular weight excluding hydrogens is 377 g/mol. The number of rotatable bonds is 9. The minimum absolute atomic E-state index is 0.0627. The summed E-state index contributed by atoms with van der Waals surface area (Å²) in [5.74, 6) is -1.02. The number of hydrogen-bond donors (Lipinski definition) is 1. The van der Waals surface area contributed by atoms with E-state index in [0.717, 1.165) is 12.5 Å². The topological polar surface area (TPSA) is 55.4 Å². The lowest BCUT2D eigenvalue weighted by molar-refractivity contribution is -0.147. The third kappa shape index (κ3) is 7.16. The van der Waals surface area contributed by atoms with Crippen LogP contribution < -0.4 is 5.32 Å². The van der Waals surface area contributed by atoms with Crippen molar-refractivity contribution in [2.24, 2.45) is 5.92 Å². The van der Waals surface area contributed by atoms with Crippen LogP contribution in [0.5, 0.6) is 0 Å². The molecule has 146 valence electrons. The zero-order valence-corrected chi connectivity index (χ0v) is 17.5. The maximum atomic E-state index is 14.1. The predicted molar refractivity (Wildman–Crippen MR) is 105 cm³/mol. The third-order valence-electron chi connectivity index (χ3n) is 3.68. The second-order valence-corrected chi connectivity index (χ2v) is 8.23. The molecule has 7 heteroatoms. The van der Waals surface area contributed by atoms with Gasteiger partial charge in [0.1, 0.15) is 11.1 Å². The number of hydrogen-bond acceptors (Lipinski definition) is 4. The van der Waals surface area contributed by atoms with Gasteiger partial charge in [0.15, 0.2) is 0 Å². The van der Waals surface area contributed by atoms with Crippen molar-refractivity contribution in [1.29, 1.82) is 0 Å². The van der Waals surface area contributed by atoms with Gasteiger partial charge in [-0.25, -0.2) is 4.39 Å². The summed E-state index contributed by atoms with van der Waals surface area (Å²) in [6.45, 7) is 9.47. The first-order valence-electron chi connectivity index (χ1n) is 8.83. The van der Waals surface area contributed by atoms with Gasteiger partial charge in [0.05, 0.1) is 16.8 Å². The summed E-state index contributed by atoms with van der Waals surface area (Å²) in [7, 11) is 0. The molecule has 0 saturated carbocycles. The summed E-state index contributed by atoms with van der Waals surface area (Å²) in [5.41, 5.74) is 0.0627. The molecule has 0 aliphatic heterocycles. The molecule has 2 atom stereocenters. The Morgan fingerprint density at radius 3 is 2.42 bits per heavy atom. The van der Waals surface area contributed by atoms with Gasteiger partial charge in [-0.15, -0.1) is 11.8 Å². The van der Waals surface area contributed by atoms with Crippen LogP contribution in [0.1, 0.15) is 53.9 Å². The normalized spacial score (nSPS) is 13.4. The van der Waals surface area contributed by atoms with E-state index in [1.54, 1.807) is 0 Å². The van der Waals surface area contributed by atoms with Crippen molar-refractivity contribution in [1.82, 2.24) is 0 Å². The van der Waals surface area contributed by atoms with E-state index in [9.17, 15) is 14.0 Å². The van der Waals surface area contributed by atoms with Gasteiger partial charge in [0.2, 0.25) is 5.91 Å². The molecule has 1 aromatic rings. The number of esters is 1. The van der Waals surface area contributed by atoms with E-state index < -0.39 is 11.1 Å². The van der Waals surface area contributed by atoms with Crippen LogP contribution in [0.4, 0.5) is 10.1 Å². The Labute approximate surface area is 164 Å². The molecule has 0 saturated heterocycles. The fourth-order valence-electron chi connectivity index (χ4n) is 2.10. The third-order valence-corrected chi connectivity index (χ3v) is 5.51. The highest BCUT2D eigenvalue weighted by Gasteiger charge is 2.23. The van der Waals surface area contributed by atoms with E-state index in [4.69, 9.17) is 16.3 Å². The quantitative estimate of drug-likeness (QED) is 0.426. The summed E-state index contributed by atoms with van der Waals surface area (Å²) in [6.07, 6.45) is 1.41. The highest BCUT2D eigenvalue weighted by molar-refractivity contribution is 8.00. The second kappa shape index (κ2) is 10.8. The van der Waals surface area contributed by atoms with Crippen LogP contribution in [0.25, 0.3) is 0 Å². The number of nitrogens with one attached hydrogen (secondary N) is 1. The maximum absolute atomic E-state index is 14.1. The van der Waals surface area contributed by atoms with Crippen molar-refractivity contribution in [2.75, 3.05) is 5.32 Å². The fraction of sp³-hybridized carbons (Fsp3) is 0.579. The molecule has 26 heavy (non-hydrogen) atoms. The molecule has 0 aromatic heterocycles. The molecule has 0 heterocycles. The Hall–Kier alpha value is -1.27. The molecule has 0 bridgehead atoms. The molecule has 0 radical (unpaired) electrons. The average Bonchev–Trinajstić information content (AvgIpc) is 2.55. The minimum Gasteiger partial charge on any atom is -0.462 e. The predicted octanol–water partition coefficient (Wildman–Crippen LogP) is 5.68. The second-order valence-electron chi connectivity index (χ2n) is 6.58. The molecule has 0 aliphatic rings. The van der Waals surface area contributed by atoms with Crippen molar-refractivity contribution in [3.05, 3.63) is 23.0 Å². The van der Waals surface area contributed by atoms with Gasteiger partial charge in [-0.3, -0.25) is 9.59 Å². The van der Waals surface area contributed by atoms with Gasteiger partial charge in [0.25, 0.3) is 0 Å². The average molecular weight is 404 g/mol. The van der Waals surface area contributed by atoms with Crippen molar-refractivity contribution in [3.8, 4) is 0 Å². The van der Waals surface area contributed by atoms with Gasteiger partial charge in [-0.1, -0.05) is 39.3 Å². The number of carbonyl (C=O) groups is 2. The van der Waals surface area contributed by atoms with Gasteiger partial charge in [-0.2, -0.15) is 0 Å². The zero-order valence-electron chi connectivity index (χ0n) is 15.9. The molecule has 2 unspecified atom stereocenters. The van der Waals surface area contributed by atoms with E-state index >= 15 is 0 Å². The summed E-state index contributed by atoms with van der Waals surface area (Å²) >= 11 is 7.35. The van der Waals surface area contributed by atoms with Crippen LogP contribution in [0.2, 0.25) is 5.02 Å². The van der Waals surface area contributed by atoms with Gasteiger partial charge < -0.3 is 10.1 Å². The molecular formula is C19H27ClFNO3S. The number of thioether (sulfide) groups is 1. The first-order chi connectivity index (χ1) is 12.2. The highest BCUT2D eigenvalue weighted by atomic mass is 35.5. The molecule has 1 aromatic carbocycles. The lowest BCUT2D eigenvalue weighted by Crippen LogP contribution is -2.24. The molecule has 0 spiro atoms. The molecule has 1 amide bonds. The number of halogens is 2. The SMILES string of the molecule is CCC(C)OC(=O)C(CC)Sc1cc(NC(=O)CC(C)C)c(F)cc1Cl. The Morgan fingerprint density at radius 1 is 1.23 bits per heavy atom. The summed E-state index contributed by atoms with van der Waals surface area (Å²) in [5, 5.41) is 2.31. The molecule has 0 aliphatic carbocycles. The van der Waals surface area contributed by atoms with E-state index in [0.29, 0.717) is 17.7 Å². The first kappa shape index (κ1) is 22.8. The molecule has 1 rings (SSSR count). The molecule has 4 nitrogen and oxygen atoms in total. The number of benzene rings is 1. The standard InChI is InChI=1S/C19H27ClFNO3S/c1-6-12(5)25-19(24)16(7-2)26-17-10-15(14(21)9-13(17)20)22-18(23)8-11(3)4/h9-12,16H,6-8H2,1-5H3,(H,22,23). The van der Waals surface area contributed by atoms with E-state index in [1.165, 1.54) is 17.8 Å². The van der Waals surface area contributed by atoms with Crippen molar-refractivity contribution in [3.63, 3.8) is 0 Å². The summed E-state index contributed by atoms with van der Waals surface area (Å²) < 4.78 is 19.5. The summed E-state index contributed by atoms with van der Waals surface area (Å²) in [6, 6.07) is 2.63. The highest BCUT2D eigenvalue weighted by Crippen LogP contribution is 2.36.